The molecular weight excluding hydrogens is 288 g/mol. The van der Waals surface area contributed by atoms with Gasteiger partial charge in [0.1, 0.15) is 6.04 Å². The van der Waals surface area contributed by atoms with E-state index in [0.29, 0.717) is 12.5 Å². The first-order chi connectivity index (χ1) is 10.4. The Bertz CT molecular complexity index is 531. The number of carbonyl (C=O) groups is 2. The fourth-order valence-corrected chi connectivity index (χ4v) is 1.61. The summed E-state index contributed by atoms with van der Waals surface area (Å²) in [4.78, 5) is 27.6. The largest absolute Gasteiger partial charge is 0.503 e. The summed E-state index contributed by atoms with van der Waals surface area (Å²) in [7, 11) is 1.37. The Morgan fingerprint density at radius 2 is 2.05 bits per heavy atom. The summed E-state index contributed by atoms with van der Waals surface area (Å²) < 4.78 is 9.97. The molecule has 0 aliphatic rings. The van der Waals surface area contributed by atoms with Crippen molar-refractivity contribution in [2.45, 2.75) is 33.2 Å². The van der Waals surface area contributed by atoms with Crippen LogP contribution in [0.4, 0.5) is 0 Å². The van der Waals surface area contributed by atoms with Gasteiger partial charge in [0.25, 0.3) is 5.91 Å². The maximum atomic E-state index is 12.0. The van der Waals surface area contributed by atoms with Gasteiger partial charge >= 0.3 is 5.97 Å². The van der Waals surface area contributed by atoms with Gasteiger partial charge in [-0.15, -0.1) is 0 Å². The standard InChI is InChI=1S/C15H22N2O5/c1-9(2)6-8-22-15(20)10(3)17-14(19)12-13(18)11(21-4)5-7-16-12/h5,7,9-10,18H,6,8H2,1-4H3,(H,17,19). The van der Waals surface area contributed by atoms with Crippen LogP contribution >= 0.6 is 0 Å². The fourth-order valence-electron chi connectivity index (χ4n) is 1.61. The molecule has 1 heterocycles. The number of amides is 1. The van der Waals surface area contributed by atoms with Crippen LogP contribution in [0.5, 0.6) is 11.5 Å². The van der Waals surface area contributed by atoms with E-state index >= 15 is 0 Å². The molecule has 1 atom stereocenters. The second-order valence-electron chi connectivity index (χ2n) is 5.26. The van der Waals surface area contributed by atoms with Crippen molar-refractivity contribution < 1.29 is 24.2 Å². The van der Waals surface area contributed by atoms with Gasteiger partial charge in [0.05, 0.1) is 13.7 Å². The number of hydrogen-bond donors (Lipinski definition) is 2. The summed E-state index contributed by atoms with van der Waals surface area (Å²) >= 11 is 0. The summed E-state index contributed by atoms with van der Waals surface area (Å²) in [5.41, 5.74) is -0.207. The van der Waals surface area contributed by atoms with Gasteiger partial charge in [0.15, 0.2) is 17.2 Å². The second kappa shape index (κ2) is 8.21. The van der Waals surface area contributed by atoms with Crippen molar-refractivity contribution in [3.8, 4) is 11.5 Å². The molecule has 7 nitrogen and oxygen atoms in total. The molecule has 0 radical (unpaired) electrons. The molecule has 0 spiro atoms. The zero-order chi connectivity index (χ0) is 16.7. The van der Waals surface area contributed by atoms with E-state index < -0.39 is 17.9 Å². The highest BCUT2D eigenvalue weighted by molar-refractivity contribution is 5.97. The molecule has 0 bridgehead atoms. The molecule has 1 aromatic heterocycles. The minimum atomic E-state index is -0.841. The highest BCUT2D eigenvalue weighted by atomic mass is 16.5. The highest BCUT2D eigenvalue weighted by Gasteiger charge is 2.22. The third-order valence-electron chi connectivity index (χ3n) is 2.96. The maximum Gasteiger partial charge on any atom is 0.328 e. The number of aromatic hydroxyl groups is 1. The Hall–Kier alpha value is -2.31. The van der Waals surface area contributed by atoms with Crippen LogP contribution in [0.1, 0.15) is 37.7 Å². The molecular formula is C15H22N2O5. The van der Waals surface area contributed by atoms with Crippen molar-refractivity contribution >= 4 is 11.9 Å². The van der Waals surface area contributed by atoms with Gasteiger partial charge in [-0.3, -0.25) is 4.79 Å². The van der Waals surface area contributed by atoms with Crippen molar-refractivity contribution in [3.63, 3.8) is 0 Å². The first-order valence-electron chi connectivity index (χ1n) is 7.06. The lowest BCUT2D eigenvalue weighted by Gasteiger charge is -2.14. The molecule has 1 unspecified atom stereocenters. The molecule has 0 aliphatic carbocycles. The minimum Gasteiger partial charge on any atom is -0.503 e. The van der Waals surface area contributed by atoms with Crippen LogP contribution in [0.25, 0.3) is 0 Å². The van der Waals surface area contributed by atoms with Crippen LogP contribution in [-0.2, 0) is 9.53 Å². The number of rotatable bonds is 7. The average Bonchev–Trinajstić information content (AvgIpc) is 2.46. The van der Waals surface area contributed by atoms with Crippen molar-refractivity contribution in [2.24, 2.45) is 5.92 Å². The smallest absolute Gasteiger partial charge is 0.328 e. The molecule has 22 heavy (non-hydrogen) atoms. The Balaban J connectivity index is 2.62. The zero-order valence-electron chi connectivity index (χ0n) is 13.3. The summed E-state index contributed by atoms with van der Waals surface area (Å²) in [6.07, 6.45) is 2.09. The number of methoxy groups -OCH3 is 1. The molecule has 1 rings (SSSR count). The average molecular weight is 310 g/mol. The number of pyridine rings is 1. The lowest BCUT2D eigenvalue weighted by Crippen LogP contribution is -2.40. The van der Waals surface area contributed by atoms with Crippen LogP contribution in [0.3, 0.4) is 0 Å². The summed E-state index contributed by atoms with van der Waals surface area (Å²) in [6.45, 7) is 5.86. The van der Waals surface area contributed by atoms with Crippen molar-refractivity contribution in [3.05, 3.63) is 18.0 Å². The Morgan fingerprint density at radius 3 is 2.64 bits per heavy atom. The van der Waals surface area contributed by atoms with Gasteiger partial charge in [-0.1, -0.05) is 13.8 Å². The molecule has 0 aliphatic heterocycles. The van der Waals surface area contributed by atoms with E-state index in [1.807, 2.05) is 13.8 Å². The van der Waals surface area contributed by atoms with Crippen LogP contribution in [-0.4, -0.2) is 41.7 Å². The van der Waals surface area contributed by atoms with Gasteiger partial charge in [-0.25, -0.2) is 9.78 Å². The van der Waals surface area contributed by atoms with Crippen LogP contribution < -0.4 is 10.1 Å². The van der Waals surface area contributed by atoms with Crippen LogP contribution in [0.15, 0.2) is 12.3 Å². The number of nitrogens with zero attached hydrogens (tertiary/aromatic N) is 1. The molecule has 122 valence electrons. The van der Waals surface area contributed by atoms with E-state index in [0.717, 1.165) is 6.42 Å². The molecule has 1 amide bonds. The fraction of sp³-hybridized carbons (Fsp3) is 0.533. The molecule has 0 aromatic carbocycles. The van der Waals surface area contributed by atoms with Gasteiger partial charge in [-0.2, -0.15) is 0 Å². The predicted molar refractivity (Wildman–Crippen MR) is 79.8 cm³/mol. The lowest BCUT2D eigenvalue weighted by atomic mass is 10.1. The van der Waals surface area contributed by atoms with Crippen molar-refractivity contribution in [2.75, 3.05) is 13.7 Å². The van der Waals surface area contributed by atoms with Crippen LogP contribution in [0.2, 0.25) is 0 Å². The first kappa shape index (κ1) is 17.7. The first-order valence-corrected chi connectivity index (χ1v) is 7.06. The van der Waals surface area contributed by atoms with E-state index in [-0.39, 0.29) is 17.2 Å². The summed E-state index contributed by atoms with van der Waals surface area (Å²) in [5.74, 6) is -1.02. The Labute approximate surface area is 129 Å². The molecule has 7 heteroatoms. The van der Waals surface area contributed by atoms with E-state index in [1.165, 1.54) is 26.3 Å². The normalized spacial score (nSPS) is 11.9. The predicted octanol–water partition coefficient (Wildman–Crippen LogP) is 1.50. The summed E-state index contributed by atoms with van der Waals surface area (Å²) in [6, 6.07) is 0.586. The van der Waals surface area contributed by atoms with E-state index in [4.69, 9.17) is 9.47 Å². The SMILES string of the molecule is COc1ccnc(C(=O)NC(C)C(=O)OCCC(C)C)c1O. The highest BCUT2D eigenvalue weighted by Crippen LogP contribution is 2.27. The lowest BCUT2D eigenvalue weighted by molar-refractivity contribution is -0.145. The number of nitrogens with one attached hydrogen (secondary N) is 1. The second-order valence-corrected chi connectivity index (χ2v) is 5.26. The molecule has 0 saturated carbocycles. The zero-order valence-corrected chi connectivity index (χ0v) is 13.3. The quantitative estimate of drug-likeness (QED) is 0.741. The number of ether oxygens (including phenoxy) is 2. The maximum absolute atomic E-state index is 12.0. The Kier molecular flexibility index (Phi) is 6.62. The van der Waals surface area contributed by atoms with Gasteiger partial charge in [-0.05, 0) is 19.3 Å². The number of carbonyl (C=O) groups excluding carboxylic acids is 2. The topological polar surface area (TPSA) is 97.8 Å². The third-order valence-corrected chi connectivity index (χ3v) is 2.96. The minimum absolute atomic E-state index is 0.132. The van der Waals surface area contributed by atoms with Gasteiger partial charge in [0, 0.05) is 12.3 Å². The van der Waals surface area contributed by atoms with Gasteiger partial charge < -0.3 is 19.9 Å². The van der Waals surface area contributed by atoms with E-state index in [1.54, 1.807) is 0 Å². The van der Waals surface area contributed by atoms with Crippen molar-refractivity contribution in [1.29, 1.82) is 0 Å². The van der Waals surface area contributed by atoms with E-state index in [9.17, 15) is 14.7 Å². The summed E-state index contributed by atoms with van der Waals surface area (Å²) in [5, 5.41) is 12.3. The number of aromatic nitrogens is 1. The van der Waals surface area contributed by atoms with Crippen molar-refractivity contribution in [1.82, 2.24) is 10.3 Å². The number of hydrogen-bond acceptors (Lipinski definition) is 6. The third kappa shape index (κ3) is 4.91. The monoisotopic (exact) mass is 310 g/mol. The molecule has 1 aromatic rings. The van der Waals surface area contributed by atoms with Crippen LogP contribution in [0, 0.1) is 5.92 Å². The number of esters is 1. The molecule has 0 fully saturated rings. The van der Waals surface area contributed by atoms with E-state index in [2.05, 4.69) is 10.3 Å². The molecule has 2 N–H and O–H groups in total. The molecule has 0 saturated heterocycles. The van der Waals surface area contributed by atoms with Gasteiger partial charge in [0.2, 0.25) is 0 Å². The Morgan fingerprint density at radius 1 is 1.36 bits per heavy atom.